The number of nitriles is 2. The number of ether oxygens (including phenoxy) is 1. The second-order valence-corrected chi connectivity index (χ2v) is 3.79. The highest BCUT2D eigenvalue weighted by atomic mass is 16.5. The van der Waals surface area contributed by atoms with Crippen LogP contribution in [0.1, 0.15) is 30.0 Å². The maximum absolute atomic E-state index is 11.4. The van der Waals surface area contributed by atoms with Crippen LogP contribution in [0.5, 0.6) is 0 Å². The van der Waals surface area contributed by atoms with Crippen molar-refractivity contribution in [2.24, 2.45) is 0 Å². The van der Waals surface area contributed by atoms with Crippen molar-refractivity contribution >= 4 is 5.97 Å². The van der Waals surface area contributed by atoms with Crippen LogP contribution in [0.25, 0.3) is 0 Å². The number of carbonyl (C=O) groups is 1. The number of hydrogen-bond donors (Lipinski definition) is 0. The van der Waals surface area contributed by atoms with Gasteiger partial charge in [0, 0.05) is 6.42 Å². The predicted octanol–water partition coefficient (Wildman–Crippen LogP) is 2.12. The molecule has 0 N–H and O–H groups in total. The van der Waals surface area contributed by atoms with Crippen molar-refractivity contribution in [3.05, 3.63) is 34.9 Å². The Kier molecular flexibility index (Phi) is 5.41. The van der Waals surface area contributed by atoms with E-state index >= 15 is 0 Å². The molecule has 0 unspecified atom stereocenters. The van der Waals surface area contributed by atoms with Crippen LogP contribution in [-0.4, -0.2) is 12.6 Å². The lowest BCUT2D eigenvalue weighted by atomic mass is 10.0. The van der Waals surface area contributed by atoms with Gasteiger partial charge in [0.05, 0.1) is 30.7 Å². The summed E-state index contributed by atoms with van der Waals surface area (Å²) in [6.07, 6.45) is 1.14. The van der Waals surface area contributed by atoms with Gasteiger partial charge < -0.3 is 4.74 Å². The normalized spacial score (nSPS) is 9.28. The van der Waals surface area contributed by atoms with E-state index in [1.165, 1.54) is 0 Å². The van der Waals surface area contributed by atoms with Crippen LogP contribution in [-0.2, 0) is 22.4 Å². The Morgan fingerprint density at radius 3 is 2.61 bits per heavy atom. The summed E-state index contributed by atoms with van der Waals surface area (Å²) in [4.78, 5) is 11.4. The van der Waals surface area contributed by atoms with E-state index in [4.69, 9.17) is 15.3 Å². The number of nitrogens with zero attached hydrogens (tertiary/aromatic N) is 2. The molecule has 1 rings (SSSR count). The van der Waals surface area contributed by atoms with Crippen LogP contribution in [0.4, 0.5) is 0 Å². The Bertz CT molecular complexity index is 510. The Morgan fingerprint density at radius 2 is 2.00 bits per heavy atom. The minimum absolute atomic E-state index is 0.156. The van der Waals surface area contributed by atoms with Crippen LogP contribution < -0.4 is 0 Å². The van der Waals surface area contributed by atoms with E-state index in [2.05, 4.69) is 12.1 Å². The van der Waals surface area contributed by atoms with Crippen LogP contribution in [0.15, 0.2) is 18.2 Å². The lowest BCUT2D eigenvalue weighted by Crippen LogP contribution is -2.08. The highest BCUT2D eigenvalue weighted by Crippen LogP contribution is 2.13. The van der Waals surface area contributed by atoms with Gasteiger partial charge in [0.25, 0.3) is 0 Å². The quantitative estimate of drug-likeness (QED) is 0.741. The van der Waals surface area contributed by atoms with Crippen LogP contribution >= 0.6 is 0 Å². The van der Waals surface area contributed by atoms with E-state index < -0.39 is 0 Å². The zero-order valence-electron chi connectivity index (χ0n) is 10.3. The Balaban J connectivity index is 2.87. The standard InChI is InChI=1S/C14H14N2O2/c1-2-18-14(17)9-12-6-11(4-3-5-15)7-13(8-12)10-16/h6-8H,2-4,9H2,1H3. The fraction of sp³-hybridized carbons (Fsp3) is 0.357. The molecule has 0 bridgehead atoms. The Labute approximate surface area is 106 Å². The summed E-state index contributed by atoms with van der Waals surface area (Å²) in [5, 5.41) is 17.5. The van der Waals surface area contributed by atoms with E-state index in [-0.39, 0.29) is 12.4 Å². The SMILES string of the molecule is CCOC(=O)Cc1cc(C#N)cc(CCC#N)c1. The maximum atomic E-state index is 11.4. The molecule has 0 heterocycles. The van der Waals surface area contributed by atoms with Gasteiger partial charge in [-0.25, -0.2) is 0 Å². The first-order valence-electron chi connectivity index (χ1n) is 5.75. The maximum Gasteiger partial charge on any atom is 0.310 e. The average molecular weight is 242 g/mol. The average Bonchev–Trinajstić information content (AvgIpc) is 2.36. The van der Waals surface area contributed by atoms with E-state index in [9.17, 15) is 4.79 Å². The number of aryl methyl sites for hydroxylation is 1. The predicted molar refractivity (Wildman–Crippen MR) is 65.4 cm³/mol. The Hall–Kier alpha value is -2.33. The fourth-order valence-corrected chi connectivity index (χ4v) is 1.65. The summed E-state index contributed by atoms with van der Waals surface area (Å²) < 4.78 is 4.87. The third-order valence-corrected chi connectivity index (χ3v) is 2.36. The van der Waals surface area contributed by atoms with E-state index in [0.29, 0.717) is 25.0 Å². The number of hydrogen-bond acceptors (Lipinski definition) is 4. The molecule has 92 valence electrons. The summed E-state index contributed by atoms with van der Waals surface area (Å²) in [7, 11) is 0. The molecule has 0 saturated heterocycles. The summed E-state index contributed by atoms with van der Waals surface area (Å²) >= 11 is 0. The summed E-state index contributed by atoms with van der Waals surface area (Å²) in [5.74, 6) is -0.307. The van der Waals surface area contributed by atoms with Gasteiger partial charge in [-0.05, 0) is 36.6 Å². The molecular weight excluding hydrogens is 228 g/mol. The van der Waals surface area contributed by atoms with Gasteiger partial charge in [-0.15, -0.1) is 0 Å². The van der Waals surface area contributed by atoms with Gasteiger partial charge in [-0.1, -0.05) is 6.07 Å². The third kappa shape index (κ3) is 4.27. The molecule has 0 aromatic heterocycles. The summed E-state index contributed by atoms with van der Waals surface area (Å²) in [5.41, 5.74) is 2.15. The Morgan fingerprint density at radius 1 is 1.28 bits per heavy atom. The molecule has 0 radical (unpaired) electrons. The van der Waals surface area contributed by atoms with Crippen molar-refractivity contribution in [2.45, 2.75) is 26.2 Å². The minimum atomic E-state index is -0.307. The van der Waals surface area contributed by atoms with Crippen LogP contribution in [0.3, 0.4) is 0 Å². The first kappa shape index (κ1) is 13.7. The molecule has 4 heteroatoms. The first-order chi connectivity index (χ1) is 8.69. The lowest BCUT2D eigenvalue weighted by molar-refractivity contribution is -0.142. The van der Waals surface area contributed by atoms with Gasteiger partial charge in [0.2, 0.25) is 0 Å². The van der Waals surface area contributed by atoms with Gasteiger partial charge in [-0.3, -0.25) is 4.79 Å². The largest absolute Gasteiger partial charge is 0.466 e. The molecule has 0 spiro atoms. The third-order valence-electron chi connectivity index (χ3n) is 2.36. The molecule has 0 fully saturated rings. The van der Waals surface area contributed by atoms with Crippen molar-refractivity contribution in [3.8, 4) is 12.1 Å². The molecule has 0 atom stereocenters. The molecular formula is C14H14N2O2. The summed E-state index contributed by atoms with van der Waals surface area (Å²) in [6, 6.07) is 9.37. The molecule has 4 nitrogen and oxygen atoms in total. The van der Waals surface area contributed by atoms with Crippen molar-refractivity contribution < 1.29 is 9.53 Å². The second kappa shape index (κ2) is 7.09. The van der Waals surface area contributed by atoms with Gasteiger partial charge in [0.1, 0.15) is 0 Å². The minimum Gasteiger partial charge on any atom is -0.466 e. The molecule has 0 aliphatic carbocycles. The molecule has 0 aliphatic heterocycles. The monoisotopic (exact) mass is 242 g/mol. The van der Waals surface area contributed by atoms with Gasteiger partial charge >= 0.3 is 5.97 Å². The fourth-order valence-electron chi connectivity index (χ4n) is 1.65. The zero-order chi connectivity index (χ0) is 13.4. The number of esters is 1. The van der Waals surface area contributed by atoms with Crippen molar-refractivity contribution in [1.29, 1.82) is 10.5 Å². The van der Waals surface area contributed by atoms with Crippen molar-refractivity contribution in [1.82, 2.24) is 0 Å². The van der Waals surface area contributed by atoms with Gasteiger partial charge in [-0.2, -0.15) is 10.5 Å². The number of carbonyl (C=O) groups excluding carboxylic acids is 1. The van der Waals surface area contributed by atoms with E-state index in [0.717, 1.165) is 11.1 Å². The topological polar surface area (TPSA) is 73.9 Å². The number of rotatable bonds is 5. The van der Waals surface area contributed by atoms with Crippen molar-refractivity contribution in [3.63, 3.8) is 0 Å². The summed E-state index contributed by atoms with van der Waals surface area (Å²) in [6.45, 7) is 2.10. The van der Waals surface area contributed by atoms with Crippen molar-refractivity contribution in [2.75, 3.05) is 6.61 Å². The molecule has 0 saturated carbocycles. The van der Waals surface area contributed by atoms with Crippen LogP contribution in [0, 0.1) is 22.7 Å². The smallest absolute Gasteiger partial charge is 0.310 e. The molecule has 1 aromatic rings. The van der Waals surface area contributed by atoms with E-state index in [1.54, 1.807) is 19.1 Å². The highest BCUT2D eigenvalue weighted by molar-refractivity contribution is 5.72. The number of benzene rings is 1. The first-order valence-corrected chi connectivity index (χ1v) is 5.75. The lowest BCUT2D eigenvalue weighted by Gasteiger charge is -2.05. The van der Waals surface area contributed by atoms with Gasteiger partial charge in [0.15, 0.2) is 0 Å². The highest BCUT2D eigenvalue weighted by Gasteiger charge is 2.07. The van der Waals surface area contributed by atoms with Crippen LogP contribution in [0.2, 0.25) is 0 Å². The zero-order valence-corrected chi connectivity index (χ0v) is 10.3. The molecule has 18 heavy (non-hydrogen) atoms. The van der Waals surface area contributed by atoms with E-state index in [1.807, 2.05) is 6.07 Å². The second-order valence-electron chi connectivity index (χ2n) is 3.79. The molecule has 1 aromatic carbocycles. The molecule has 0 amide bonds. The molecule has 0 aliphatic rings.